The van der Waals surface area contributed by atoms with Gasteiger partial charge in [0.15, 0.2) is 0 Å². The molecule has 2 rings (SSSR count). The van der Waals surface area contributed by atoms with Gasteiger partial charge >= 0.3 is 0 Å². The van der Waals surface area contributed by atoms with Crippen LogP contribution in [0.25, 0.3) is 0 Å². The Balaban J connectivity index is 1.93. The summed E-state index contributed by atoms with van der Waals surface area (Å²) in [7, 11) is 0. The van der Waals surface area contributed by atoms with Gasteiger partial charge in [-0.1, -0.05) is 6.07 Å². The van der Waals surface area contributed by atoms with E-state index in [1.807, 2.05) is 6.07 Å². The fourth-order valence-electron chi connectivity index (χ4n) is 1.46. The maximum Gasteiger partial charge on any atom is 0.252 e. The number of anilines is 1. The lowest BCUT2D eigenvalue weighted by Gasteiger charge is -2.35. The first-order valence-electron chi connectivity index (χ1n) is 4.32. The Morgan fingerprint density at radius 1 is 1.43 bits per heavy atom. The molecule has 14 heavy (non-hydrogen) atoms. The second-order valence-electron chi connectivity index (χ2n) is 3.45. The van der Waals surface area contributed by atoms with Gasteiger partial charge < -0.3 is 5.32 Å². The molecule has 0 atom stereocenters. The van der Waals surface area contributed by atoms with Crippen LogP contribution >= 0.6 is 15.9 Å². The minimum atomic E-state index is -2.48. The topological polar surface area (TPSA) is 24.9 Å². The van der Waals surface area contributed by atoms with Gasteiger partial charge in [-0.15, -0.1) is 0 Å². The average molecular weight is 263 g/mol. The number of rotatable bonds is 2. The van der Waals surface area contributed by atoms with Crippen LogP contribution in [0.2, 0.25) is 0 Å². The van der Waals surface area contributed by atoms with Crippen LogP contribution in [0.1, 0.15) is 12.8 Å². The molecule has 1 aliphatic carbocycles. The molecule has 0 bridgehead atoms. The van der Waals surface area contributed by atoms with Crippen molar-refractivity contribution in [1.82, 2.24) is 4.98 Å². The Morgan fingerprint density at radius 3 is 2.71 bits per heavy atom. The summed E-state index contributed by atoms with van der Waals surface area (Å²) < 4.78 is 25.7. The molecule has 1 heterocycles. The predicted molar refractivity (Wildman–Crippen MR) is 53.5 cm³/mol. The summed E-state index contributed by atoms with van der Waals surface area (Å²) in [5, 5.41) is 2.95. The molecule has 0 saturated heterocycles. The van der Waals surface area contributed by atoms with Gasteiger partial charge in [0.1, 0.15) is 10.4 Å². The highest BCUT2D eigenvalue weighted by molar-refractivity contribution is 9.10. The van der Waals surface area contributed by atoms with E-state index in [1.165, 1.54) is 0 Å². The van der Waals surface area contributed by atoms with Gasteiger partial charge in [0.05, 0.1) is 0 Å². The number of nitrogens with one attached hydrogen (secondary N) is 1. The van der Waals surface area contributed by atoms with Crippen LogP contribution in [-0.2, 0) is 0 Å². The van der Waals surface area contributed by atoms with E-state index in [4.69, 9.17) is 0 Å². The Kier molecular flexibility index (Phi) is 2.43. The lowest BCUT2D eigenvalue weighted by Crippen LogP contribution is -2.44. The van der Waals surface area contributed by atoms with Gasteiger partial charge in [0, 0.05) is 18.9 Å². The largest absolute Gasteiger partial charge is 0.367 e. The molecular weight excluding hydrogens is 254 g/mol. The van der Waals surface area contributed by atoms with Crippen molar-refractivity contribution < 1.29 is 8.78 Å². The highest BCUT2D eigenvalue weighted by Crippen LogP contribution is 2.38. The van der Waals surface area contributed by atoms with Gasteiger partial charge in [0.2, 0.25) is 0 Å². The smallest absolute Gasteiger partial charge is 0.252 e. The summed E-state index contributed by atoms with van der Waals surface area (Å²) in [4.78, 5) is 4.10. The molecular formula is C9H9BrF2N2. The number of aromatic nitrogens is 1. The van der Waals surface area contributed by atoms with Crippen molar-refractivity contribution in [2.45, 2.75) is 24.8 Å². The second-order valence-corrected chi connectivity index (χ2v) is 4.26. The number of alkyl halides is 2. The third-order valence-corrected chi connectivity index (χ3v) is 2.60. The van der Waals surface area contributed by atoms with E-state index in [9.17, 15) is 8.78 Å². The first kappa shape index (κ1) is 9.83. The molecule has 0 spiro atoms. The van der Waals surface area contributed by atoms with Crippen molar-refractivity contribution in [2.75, 3.05) is 5.32 Å². The van der Waals surface area contributed by atoms with Crippen molar-refractivity contribution >= 4 is 21.7 Å². The average Bonchev–Trinajstić information content (AvgIpc) is 2.00. The van der Waals surface area contributed by atoms with Crippen molar-refractivity contribution in [3.8, 4) is 0 Å². The van der Waals surface area contributed by atoms with Crippen molar-refractivity contribution in [2.24, 2.45) is 0 Å². The van der Waals surface area contributed by atoms with Gasteiger partial charge in [0.25, 0.3) is 5.92 Å². The Morgan fingerprint density at radius 2 is 2.14 bits per heavy atom. The molecule has 76 valence electrons. The van der Waals surface area contributed by atoms with E-state index in [0.29, 0.717) is 10.4 Å². The normalized spacial score (nSPS) is 20.2. The van der Waals surface area contributed by atoms with Crippen LogP contribution < -0.4 is 5.32 Å². The Labute approximate surface area is 88.9 Å². The molecule has 0 amide bonds. The minimum absolute atomic E-state index is 0.0960. The van der Waals surface area contributed by atoms with E-state index < -0.39 is 5.92 Å². The molecule has 1 N–H and O–H groups in total. The Hall–Kier alpha value is -0.710. The van der Waals surface area contributed by atoms with E-state index in [1.54, 1.807) is 12.1 Å². The third kappa shape index (κ3) is 2.20. The number of pyridine rings is 1. The van der Waals surface area contributed by atoms with E-state index >= 15 is 0 Å². The van der Waals surface area contributed by atoms with Gasteiger partial charge in [-0.2, -0.15) is 0 Å². The summed E-state index contributed by atoms with van der Waals surface area (Å²) in [6.07, 6.45) is -0.192. The predicted octanol–water partition coefficient (Wildman–Crippen LogP) is 3.05. The molecule has 1 fully saturated rings. The first-order valence-corrected chi connectivity index (χ1v) is 5.11. The minimum Gasteiger partial charge on any atom is -0.367 e. The van der Waals surface area contributed by atoms with Crippen molar-refractivity contribution in [3.05, 3.63) is 22.8 Å². The van der Waals surface area contributed by atoms with Crippen molar-refractivity contribution in [1.29, 1.82) is 0 Å². The molecule has 1 saturated carbocycles. The highest BCUT2D eigenvalue weighted by Gasteiger charge is 2.45. The molecule has 2 nitrogen and oxygen atoms in total. The number of nitrogens with zero attached hydrogens (tertiary/aromatic N) is 1. The third-order valence-electron chi connectivity index (χ3n) is 2.16. The standard InChI is InChI=1S/C9H9BrF2N2/c10-7-2-1-3-8(14-7)13-6-4-9(11,12)5-6/h1-3,6H,4-5H2,(H,13,14). The van der Waals surface area contributed by atoms with Gasteiger partial charge in [-0.3, -0.25) is 0 Å². The first-order chi connectivity index (χ1) is 6.55. The zero-order valence-electron chi connectivity index (χ0n) is 7.30. The summed E-state index contributed by atoms with van der Waals surface area (Å²) >= 11 is 3.22. The second kappa shape index (κ2) is 3.46. The molecule has 0 aliphatic heterocycles. The lowest BCUT2D eigenvalue weighted by atomic mass is 9.88. The highest BCUT2D eigenvalue weighted by atomic mass is 79.9. The van der Waals surface area contributed by atoms with Crippen LogP contribution in [0.5, 0.6) is 0 Å². The number of halogens is 3. The SMILES string of the molecule is FC1(F)CC(Nc2cccc(Br)n2)C1. The van der Waals surface area contributed by atoms with Crippen LogP contribution in [0.15, 0.2) is 22.8 Å². The maximum atomic E-state index is 12.5. The van der Waals surface area contributed by atoms with Crippen molar-refractivity contribution in [3.63, 3.8) is 0 Å². The van der Waals surface area contributed by atoms with E-state index in [-0.39, 0.29) is 18.9 Å². The zero-order valence-corrected chi connectivity index (χ0v) is 8.89. The zero-order chi connectivity index (χ0) is 10.2. The summed E-state index contributed by atoms with van der Waals surface area (Å²) in [5.41, 5.74) is 0. The Bertz CT molecular complexity index is 335. The molecule has 1 aliphatic rings. The van der Waals surface area contributed by atoms with Crippen LogP contribution in [0.4, 0.5) is 14.6 Å². The molecule has 0 unspecified atom stereocenters. The molecule has 0 radical (unpaired) electrons. The van der Waals surface area contributed by atoms with Crippen LogP contribution in [0, 0.1) is 0 Å². The lowest BCUT2D eigenvalue weighted by molar-refractivity contribution is -0.0794. The maximum absolute atomic E-state index is 12.5. The van der Waals surface area contributed by atoms with Crippen LogP contribution in [0.3, 0.4) is 0 Å². The fourth-order valence-corrected chi connectivity index (χ4v) is 1.80. The monoisotopic (exact) mass is 262 g/mol. The van der Waals surface area contributed by atoms with Gasteiger partial charge in [-0.25, -0.2) is 13.8 Å². The summed E-state index contributed by atoms with van der Waals surface area (Å²) in [6, 6.07) is 5.23. The molecule has 0 aromatic carbocycles. The van der Waals surface area contributed by atoms with Crippen LogP contribution in [-0.4, -0.2) is 16.9 Å². The summed E-state index contributed by atoms with van der Waals surface area (Å²) in [5.74, 6) is -1.84. The number of hydrogen-bond donors (Lipinski definition) is 1. The quantitative estimate of drug-likeness (QED) is 0.829. The molecule has 1 aromatic heterocycles. The molecule has 1 aromatic rings. The summed E-state index contributed by atoms with van der Waals surface area (Å²) in [6.45, 7) is 0. The van der Waals surface area contributed by atoms with E-state index in [0.717, 1.165) is 0 Å². The number of hydrogen-bond acceptors (Lipinski definition) is 2. The van der Waals surface area contributed by atoms with E-state index in [2.05, 4.69) is 26.2 Å². The fraction of sp³-hybridized carbons (Fsp3) is 0.444. The molecule has 5 heteroatoms. The van der Waals surface area contributed by atoms with Gasteiger partial charge in [-0.05, 0) is 28.1 Å².